The highest BCUT2D eigenvalue weighted by molar-refractivity contribution is 6.31. The van der Waals surface area contributed by atoms with Crippen molar-refractivity contribution in [2.24, 2.45) is 0 Å². The number of ether oxygens (including phenoxy) is 2. The lowest BCUT2D eigenvalue weighted by atomic mass is 10.1. The quantitative estimate of drug-likeness (QED) is 0.337. The molecular formula is C19H16ClN3O5. The van der Waals surface area contributed by atoms with E-state index < -0.39 is 10.8 Å². The third-order valence-corrected chi connectivity index (χ3v) is 4.23. The molecule has 2 rings (SSSR count). The third kappa shape index (κ3) is 4.58. The Labute approximate surface area is 166 Å². The van der Waals surface area contributed by atoms with E-state index in [9.17, 15) is 20.2 Å². The number of nitrogens with zero attached hydrogens (tertiary/aromatic N) is 2. The maximum atomic E-state index is 12.4. The third-order valence-electron chi connectivity index (χ3n) is 3.82. The number of carbonyl (C=O) groups is 1. The molecule has 0 unspecified atom stereocenters. The summed E-state index contributed by atoms with van der Waals surface area (Å²) < 4.78 is 10.2. The van der Waals surface area contributed by atoms with Crippen molar-refractivity contribution in [1.29, 1.82) is 5.26 Å². The minimum absolute atomic E-state index is 0.0243. The van der Waals surface area contributed by atoms with Gasteiger partial charge >= 0.3 is 0 Å². The van der Waals surface area contributed by atoms with E-state index in [1.165, 1.54) is 20.3 Å². The van der Waals surface area contributed by atoms with Crippen LogP contribution in [-0.2, 0) is 4.79 Å². The molecule has 0 saturated heterocycles. The average molecular weight is 402 g/mol. The molecule has 0 aliphatic heterocycles. The molecule has 1 N–H and O–H groups in total. The molecule has 2 aromatic rings. The Morgan fingerprint density at radius 3 is 2.43 bits per heavy atom. The predicted octanol–water partition coefficient (Wildman–Crippen LogP) is 4.12. The topological polar surface area (TPSA) is 114 Å². The van der Waals surface area contributed by atoms with E-state index in [4.69, 9.17) is 21.1 Å². The maximum Gasteiger partial charge on any atom is 0.280 e. The molecule has 28 heavy (non-hydrogen) atoms. The van der Waals surface area contributed by atoms with E-state index >= 15 is 0 Å². The molecule has 0 saturated carbocycles. The Balaban J connectivity index is 2.45. The van der Waals surface area contributed by atoms with E-state index in [2.05, 4.69) is 5.32 Å². The van der Waals surface area contributed by atoms with Gasteiger partial charge in [-0.25, -0.2) is 0 Å². The van der Waals surface area contributed by atoms with Crippen molar-refractivity contribution in [2.45, 2.75) is 6.92 Å². The zero-order valence-electron chi connectivity index (χ0n) is 15.3. The van der Waals surface area contributed by atoms with E-state index in [1.807, 2.05) is 6.92 Å². The number of benzene rings is 2. The second-order valence-electron chi connectivity index (χ2n) is 5.61. The van der Waals surface area contributed by atoms with Crippen LogP contribution in [0.15, 0.2) is 35.9 Å². The first-order chi connectivity index (χ1) is 13.3. The molecule has 0 aliphatic carbocycles. The lowest BCUT2D eigenvalue weighted by Gasteiger charge is -2.09. The predicted molar refractivity (Wildman–Crippen MR) is 105 cm³/mol. The molecule has 0 aliphatic rings. The smallest absolute Gasteiger partial charge is 0.280 e. The number of amides is 1. The lowest BCUT2D eigenvalue weighted by Crippen LogP contribution is -2.13. The Hall–Kier alpha value is -3.57. The van der Waals surface area contributed by atoms with Gasteiger partial charge in [-0.2, -0.15) is 5.26 Å². The van der Waals surface area contributed by atoms with Gasteiger partial charge in [-0.05, 0) is 36.8 Å². The number of carbonyl (C=O) groups excluding carboxylic acids is 1. The fourth-order valence-electron chi connectivity index (χ4n) is 2.33. The van der Waals surface area contributed by atoms with Crippen LogP contribution in [0, 0.1) is 28.4 Å². The van der Waals surface area contributed by atoms with Gasteiger partial charge in [0.15, 0.2) is 11.5 Å². The Morgan fingerprint density at radius 1 is 1.25 bits per heavy atom. The summed E-state index contributed by atoms with van der Waals surface area (Å²) in [6.45, 7) is 1.81. The number of methoxy groups -OCH3 is 2. The number of nitrogens with one attached hydrogen (secondary N) is 1. The van der Waals surface area contributed by atoms with Crippen molar-refractivity contribution in [3.05, 3.63) is 62.2 Å². The van der Waals surface area contributed by atoms with Crippen LogP contribution in [0.1, 0.15) is 11.1 Å². The summed E-state index contributed by atoms with van der Waals surface area (Å²) in [6.07, 6.45) is 1.12. The van der Waals surface area contributed by atoms with Crippen molar-refractivity contribution >= 4 is 35.0 Å². The minimum atomic E-state index is -0.730. The van der Waals surface area contributed by atoms with Crippen molar-refractivity contribution in [1.82, 2.24) is 0 Å². The van der Waals surface area contributed by atoms with Gasteiger partial charge < -0.3 is 14.8 Å². The summed E-state index contributed by atoms with van der Waals surface area (Å²) in [7, 11) is 2.72. The van der Waals surface area contributed by atoms with Crippen LogP contribution in [0.3, 0.4) is 0 Å². The van der Waals surface area contributed by atoms with Crippen LogP contribution in [0.2, 0.25) is 5.02 Å². The Bertz CT molecular complexity index is 1010. The SMILES string of the molecule is COc1cc(C=C(C#N)C(=O)Nc2ccc(C)c(Cl)c2)c([N+](=O)[O-])cc1OC. The molecule has 0 aromatic heterocycles. The van der Waals surface area contributed by atoms with Crippen LogP contribution in [0.25, 0.3) is 6.08 Å². The van der Waals surface area contributed by atoms with Crippen LogP contribution in [0.5, 0.6) is 11.5 Å². The van der Waals surface area contributed by atoms with Crippen LogP contribution in [0.4, 0.5) is 11.4 Å². The van der Waals surface area contributed by atoms with Gasteiger partial charge in [0, 0.05) is 10.7 Å². The molecule has 9 heteroatoms. The number of nitro groups is 1. The number of halogens is 1. The molecule has 1 amide bonds. The fraction of sp³-hybridized carbons (Fsp3) is 0.158. The molecule has 0 bridgehead atoms. The minimum Gasteiger partial charge on any atom is -0.493 e. The van der Waals surface area contributed by atoms with E-state index in [-0.39, 0.29) is 28.3 Å². The first-order valence-corrected chi connectivity index (χ1v) is 8.28. The van der Waals surface area contributed by atoms with Gasteiger partial charge in [0.05, 0.1) is 30.8 Å². The number of nitriles is 1. The van der Waals surface area contributed by atoms with E-state index in [0.717, 1.165) is 17.7 Å². The van der Waals surface area contributed by atoms with Gasteiger partial charge in [0.2, 0.25) is 0 Å². The van der Waals surface area contributed by atoms with Crippen molar-refractivity contribution in [2.75, 3.05) is 19.5 Å². The molecule has 144 valence electrons. The first-order valence-electron chi connectivity index (χ1n) is 7.90. The number of rotatable bonds is 6. The molecule has 0 atom stereocenters. The second kappa shape index (κ2) is 8.88. The number of hydrogen-bond donors (Lipinski definition) is 1. The molecule has 0 heterocycles. The monoisotopic (exact) mass is 401 g/mol. The molecule has 8 nitrogen and oxygen atoms in total. The fourth-order valence-corrected chi connectivity index (χ4v) is 2.51. The summed E-state index contributed by atoms with van der Waals surface area (Å²) in [4.78, 5) is 23.2. The van der Waals surface area contributed by atoms with Gasteiger partial charge in [-0.15, -0.1) is 0 Å². The highest BCUT2D eigenvalue weighted by atomic mass is 35.5. The highest BCUT2D eigenvalue weighted by Crippen LogP contribution is 2.35. The van der Waals surface area contributed by atoms with E-state index in [1.54, 1.807) is 24.3 Å². The van der Waals surface area contributed by atoms with Crippen LogP contribution >= 0.6 is 11.6 Å². The zero-order chi connectivity index (χ0) is 20.8. The summed E-state index contributed by atoms with van der Waals surface area (Å²) in [6, 6.07) is 9.13. The summed E-state index contributed by atoms with van der Waals surface area (Å²) in [5, 5.41) is 23.7. The van der Waals surface area contributed by atoms with Gasteiger partial charge in [0.1, 0.15) is 11.6 Å². The summed E-state index contributed by atoms with van der Waals surface area (Å²) in [5.74, 6) is -0.350. The number of anilines is 1. The molecule has 0 fully saturated rings. The van der Waals surface area contributed by atoms with E-state index in [0.29, 0.717) is 10.7 Å². The summed E-state index contributed by atoms with van der Waals surface area (Å²) in [5.41, 5.74) is 0.583. The Morgan fingerprint density at radius 2 is 1.89 bits per heavy atom. The van der Waals surface area contributed by atoms with Crippen molar-refractivity contribution in [3.63, 3.8) is 0 Å². The second-order valence-corrected chi connectivity index (χ2v) is 6.02. The average Bonchev–Trinajstić information content (AvgIpc) is 2.67. The number of nitro benzene ring substituents is 1. The lowest BCUT2D eigenvalue weighted by molar-refractivity contribution is -0.385. The molecule has 0 spiro atoms. The van der Waals surface area contributed by atoms with Crippen molar-refractivity contribution in [3.8, 4) is 17.6 Å². The van der Waals surface area contributed by atoms with Crippen molar-refractivity contribution < 1.29 is 19.2 Å². The molecule has 2 aromatic carbocycles. The first kappa shape index (κ1) is 20.7. The van der Waals surface area contributed by atoms with Gasteiger partial charge in [-0.1, -0.05) is 17.7 Å². The largest absolute Gasteiger partial charge is 0.493 e. The standard InChI is InChI=1S/C19H16ClN3O5/c1-11-4-5-14(8-15(11)20)22-19(24)13(10-21)6-12-7-17(27-2)18(28-3)9-16(12)23(25)26/h4-9H,1-3H3,(H,22,24). The number of aryl methyl sites for hydroxylation is 1. The molecule has 0 radical (unpaired) electrons. The normalized spacial score (nSPS) is 10.8. The zero-order valence-corrected chi connectivity index (χ0v) is 16.0. The van der Waals surface area contributed by atoms with Crippen LogP contribution < -0.4 is 14.8 Å². The number of hydrogen-bond acceptors (Lipinski definition) is 6. The summed E-state index contributed by atoms with van der Waals surface area (Å²) >= 11 is 6.03. The van der Waals surface area contributed by atoms with Gasteiger partial charge in [0.25, 0.3) is 11.6 Å². The Kier molecular flexibility index (Phi) is 6.58. The molecular weight excluding hydrogens is 386 g/mol. The maximum absolute atomic E-state index is 12.4. The van der Waals surface area contributed by atoms with Crippen LogP contribution in [-0.4, -0.2) is 25.1 Å². The highest BCUT2D eigenvalue weighted by Gasteiger charge is 2.20. The van der Waals surface area contributed by atoms with Gasteiger partial charge in [-0.3, -0.25) is 14.9 Å².